The molecule has 0 spiro atoms. The molecule has 330 valence electrons. The van der Waals surface area contributed by atoms with Gasteiger partial charge in [0.2, 0.25) is 0 Å². The van der Waals surface area contributed by atoms with Crippen LogP contribution in [0.3, 0.4) is 0 Å². The number of benzene rings is 10. The van der Waals surface area contributed by atoms with E-state index < -0.39 is 0 Å². The molecule has 0 saturated heterocycles. The molecule has 0 N–H and O–H groups in total. The molecule has 0 aliphatic heterocycles. The highest BCUT2D eigenvalue weighted by atomic mass is 16.3. The van der Waals surface area contributed by atoms with E-state index in [0.29, 0.717) is 0 Å². The van der Waals surface area contributed by atoms with Crippen LogP contribution in [0.5, 0.6) is 0 Å². The molecule has 0 saturated carbocycles. The minimum Gasteiger partial charge on any atom is -0.456 e. The molecule has 0 aliphatic carbocycles. The summed E-state index contributed by atoms with van der Waals surface area (Å²) in [4.78, 5) is 4.66. The summed E-state index contributed by atoms with van der Waals surface area (Å²) in [6.45, 7) is 13.6. The van der Waals surface area contributed by atoms with Gasteiger partial charge in [-0.15, -0.1) is 0 Å². The van der Waals surface area contributed by atoms with Crippen molar-refractivity contribution >= 4 is 99.5 Å². The van der Waals surface area contributed by atoms with Crippen LogP contribution < -0.4 is 9.80 Å². The number of hydrogen-bond donors (Lipinski definition) is 0. The number of nitrogens with zero attached hydrogens (tertiary/aromatic N) is 2. The largest absolute Gasteiger partial charge is 0.456 e. The summed E-state index contributed by atoms with van der Waals surface area (Å²) in [5.41, 5.74) is 14.9. The van der Waals surface area contributed by atoms with E-state index in [1.165, 1.54) is 33.0 Å². The number of anilines is 6. The molecule has 68 heavy (non-hydrogen) atoms. The summed E-state index contributed by atoms with van der Waals surface area (Å²) in [6.07, 6.45) is 0. The number of rotatable bonds is 7. The van der Waals surface area contributed by atoms with Crippen LogP contribution in [0.25, 0.3) is 76.5 Å². The first-order valence-electron chi connectivity index (χ1n) is 23.6. The summed E-state index contributed by atoms with van der Waals surface area (Å²) in [6, 6.07) is 74.6. The molecule has 0 unspecified atom stereocenters. The standard InChI is InChI=1S/C64H52N2O2/c1-63(2,3)47-22-27-50(28-23-47)66(52-26-21-42-15-10-11-16-44(42)33-52)54-30-32-56-58-35-46-36-59-57(34-45(46)37-60(58)68-62(56)40-54)55-31-29-53(39-61(55)67-59)65(51-18-12-17-48(38-51)64(4,5)6)49-24-19-43(20-25-49)41-13-8-7-9-14-41/h7-40H,1-6H3. The predicted octanol–water partition coefficient (Wildman–Crippen LogP) is 19.0. The second-order valence-electron chi connectivity index (χ2n) is 20.3. The third-order valence-corrected chi connectivity index (χ3v) is 13.7. The zero-order valence-electron chi connectivity index (χ0n) is 39.3. The van der Waals surface area contributed by atoms with Gasteiger partial charge < -0.3 is 18.6 Å². The summed E-state index contributed by atoms with van der Waals surface area (Å²) in [5.74, 6) is 0. The summed E-state index contributed by atoms with van der Waals surface area (Å²) in [5, 5.41) is 8.93. The lowest BCUT2D eigenvalue weighted by Gasteiger charge is -2.28. The van der Waals surface area contributed by atoms with E-state index in [1.54, 1.807) is 0 Å². The highest BCUT2D eigenvalue weighted by Crippen LogP contribution is 2.44. The Hall–Kier alpha value is -8.08. The molecule has 0 atom stereocenters. The highest BCUT2D eigenvalue weighted by molar-refractivity contribution is 6.15. The van der Waals surface area contributed by atoms with Crippen molar-refractivity contribution in [3.05, 3.63) is 217 Å². The fourth-order valence-corrected chi connectivity index (χ4v) is 9.91. The first-order valence-corrected chi connectivity index (χ1v) is 23.6. The molecular formula is C64H52N2O2. The summed E-state index contributed by atoms with van der Waals surface area (Å²) >= 11 is 0. The Balaban J connectivity index is 0.934. The van der Waals surface area contributed by atoms with Crippen LogP contribution >= 0.6 is 0 Å². The van der Waals surface area contributed by atoms with Gasteiger partial charge in [0.1, 0.15) is 22.3 Å². The van der Waals surface area contributed by atoms with Crippen LogP contribution in [0, 0.1) is 0 Å². The van der Waals surface area contributed by atoms with Crippen molar-refractivity contribution in [2.24, 2.45) is 0 Å². The van der Waals surface area contributed by atoms with Gasteiger partial charge in [0, 0.05) is 67.8 Å². The molecule has 0 radical (unpaired) electrons. The van der Waals surface area contributed by atoms with Gasteiger partial charge in [0.15, 0.2) is 0 Å². The Labute approximate surface area is 397 Å². The third-order valence-electron chi connectivity index (χ3n) is 13.7. The van der Waals surface area contributed by atoms with Crippen molar-refractivity contribution in [2.45, 2.75) is 52.4 Å². The van der Waals surface area contributed by atoms with Gasteiger partial charge in [-0.1, -0.05) is 139 Å². The monoisotopic (exact) mass is 880 g/mol. The average Bonchev–Trinajstić information content (AvgIpc) is 3.89. The summed E-state index contributed by atoms with van der Waals surface area (Å²) in [7, 11) is 0. The van der Waals surface area contributed by atoms with Gasteiger partial charge in [0.25, 0.3) is 0 Å². The average molecular weight is 881 g/mol. The molecule has 10 aromatic carbocycles. The molecule has 0 bridgehead atoms. The molecule has 4 heteroatoms. The maximum atomic E-state index is 6.78. The van der Waals surface area contributed by atoms with Gasteiger partial charge in [-0.05, 0) is 152 Å². The molecule has 0 amide bonds. The first kappa shape index (κ1) is 41.4. The zero-order valence-corrected chi connectivity index (χ0v) is 39.3. The molecule has 0 aliphatic rings. The zero-order chi connectivity index (χ0) is 46.3. The van der Waals surface area contributed by atoms with Crippen molar-refractivity contribution in [1.29, 1.82) is 0 Å². The van der Waals surface area contributed by atoms with Crippen LogP contribution in [0.4, 0.5) is 34.1 Å². The van der Waals surface area contributed by atoms with Gasteiger partial charge in [-0.2, -0.15) is 0 Å². The van der Waals surface area contributed by atoms with Gasteiger partial charge >= 0.3 is 0 Å². The second-order valence-corrected chi connectivity index (χ2v) is 20.3. The van der Waals surface area contributed by atoms with Gasteiger partial charge in [-0.25, -0.2) is 0 Å². The van der Waals surface area contributed by atoms with E-state index >= 15 is 0 Å². The first-order chi connectivity index (χ1) is 32.9. The van der Waals surface area contributed by atoms with Crippen LogP contribution in [0.2, 0.25) is 0 Å². The lowest BCUT2D eigenvalue weighted by atomic mass is 9.87. The molecule has 2 aromatic heterocycles. The summed E-state index contributed by atoms with van der Waals surface area (Å²) < 4.78 is 13.6. The minimum atomic E-state index is -0.00117. The second kappa shape index (κ2) is 15.8. The van der Waals surface area contributed by atoms with Crippen LogP contribution in [0.15, 0.2) is 215 Å². The van der Waals surface area contributed by atoms with E-state index in [9.17, 15) is 0 Å². The fraction of sp³-hybridized carbons (Fsp3) is 0.125. The topological polar surface area (TPSA) is 32.8 Å². The van der Waals surface area contributed by atoms with Gasteiger partial charge in [-0.3, -0.25) is 0 Å². The number of furan rings is 2. The molecular weight excluding hydrogens is 829 g/mol. The van der Waals surface area contributed by atoms with E-state index in [4.69, 9.17) is 8.83 Å². The molecule has 2 heterocycles. The van der Waals surface area contributed by atoms with E-state index in [1.807, 2.05) is 0 Å². The minimum absolute atomic E-state index is 0.00117. The SMILES string of the molecule is CC(C)(C)c1ccc(N(c2ccc3ccccc3c2)c2ccc3c(c2)oc2cc4cc5c(cc4cc23)oc2cc(N(c3ccc(-c4ccccc4)cc3)c3cccc(C(C)(C)C)c3)ccc25)cc1. The van der Waals surface area contributed by atoms with Crippen molar-refractivity contribution in [2.75, 3.05) is 9.80 Å². The predicted molar refractivity (Wildman–Crippen MR) is 288 cm³/mol. The van der Waals surface area contributed by atoms with Gasteiger partial charge in [0.05, 0.1) is 0 Å². The Morgan fingerprint density at radius 1 is 0.279 bits per heavy atom. The highest BCUT2D eigenvalue weighted by Gasteiger charge is 2.22. The molecule has 12 rings (SSSR count). The van der Waals surface area contributed by atoms with E-state index in [0.717, 1.165) is 88.8 Å². The lowest BCUT2D eigenvalue weighted by Crippen LogP contribution is -2.14. The fourth-order valence-electron chi connectivity index (χ4n) is 9.91. The van der Waals surface area contributed by atoms with Crippen LogP contribution in [-0.2, 0) is 10.8 Å². The molecule has 0 fully saturated rings. The molecule has 4 nitrogen and oxygen atoms in total. The Kier molecular flexibility index (Phi) is 9.60. The third kappa shape index (κ3) is 7.34. The quantitative estimate of drug-likeness (QED) is 0.160. The number of hydrogen-bond acceptors (Lipinski definition) is 4. The Morgan fingerprint density at radius 3 is 1.31 bits per heavy atom. The maximum absolute atomic E-state index is 6.78. The maximum Gasteiger partial charge on any atom is 0.137 e. The van der Waals surface area contributed by atoms with Crippen molar-refractivity contribution < 1.29 is 8.83 Å². The number of fused-ring (bicyclic) bond motifs is 8. The van der Waals surface area contributed by atoms with E-state index in [2.05, 4.69) is 258 Å². The Morgan fingerprint density at radius 2 is 0.735 bits per heavy atom. The lowest BCUT2D eigenvalue weighted by molar-refractivity contribution is 0.590. The smallest absolute Gasteiger partial charge is 0.137 e. The van der Waals surface area contributed by atoms with Crippen molar-refractivity contribution in [1.82, 2.24) is 0 Å². The van der Waals surface area contributed by atoms with E-state index in [-0.39, 0.29) is 10.8 Å². The molecule has 12 aromatic rings. The van der Waals surface area contributed by atoms with Crippen LogP contribution in [-0.4, -0.2) is 0 Å². The Bertz CT molecular complexity index is 3860. The van der Waals surface area contributed by atoms with Crippen molar-refractivity contribution in [3.63, 3.8) is 0 Å². The normalized spacial score (nSPS) is 12.3. The van der Waals surface area contributed by atoms with Crippen LogP contribution in [0.1, 0.15) is 52.7 Å². The van der Waals surface area contributed by atoms with Crippen molar-refractivity contribution in [3.8, 4) is 11.1 Å².